The lowest BCUT2D eigenvalue weighted by atomic mass is 9.96. The molecule has 0 saturated carbocycles. The Kier molecular flexibility index (Phi) is 5.19. The number of nitriles is 1. The molecule has 0 bridgehead atoms. The van der Waals surface area contributed by atoms with Gasteiger partial charge in [-0.3, -0.25) is 4.79 Å². The van der Waals surface area contributed by atoms with E-state index in [4.69, 9.17) is 14.7 Å². The monoisotopic (exact) mass is 262 g/mol. The van der Waals surface area contributed by atoms with Crippen molar-refractivity contribution in [3.8, 4) is 17.6 Å². The molecule has 1 N–H and O–H groups in total. The van der Waals surface area contributed by atoms with E-state index >= 15 is 0 Å². The number of ether oxygens (including phenoxy) is 2. The van der Waals surface area contributed by atoms with Crippen molar-refractivity contribution in [2.45, 2.75) is 13.8 Å². The van der Waals surface area contributed by atoms with Crippen molar-refractivity contribution >= 4 is 11.6 Å². The summed E-state index contributed by atoms with van der Waals surface area (Å²) in [7, 11) is 3.06. The van der Waals surface area contributed by atoms with E-state index in [0.717, 1.165) is 0 Å². The van der Waals surface area contributed by atoms with Gasteiger partial charge >= 0.3 is 0 Å². The van der Waals surface area contributed by atoms with Gasteiger partial charge in [-0.05, 0) is 18.1 Å². The van der Waals surface area contributed by atoms with E-state index in [2.05, 4.69) is 5.32 Å². The Hall–Kier alpha value is -2.22. The molecule has 19 heavy (non-hydrogen) atoms. The van der Waals surface area contributed by atoms with Crippen molar-refractivity contribution < 1.29 is 14.3 Å². The topological polar surface area (TPSA) is 71.3 Å². The molecule has 1 atom stereocenters. The number of benzene rings is 1. The lowest BCUT2D eigenvalue weighted by molar-refractivity contribution is -0.119. The first-order chi connectivity index (χ1) is 9.03. The Morgan fingerprint density at radius 3 is 2.47 bits per heavy atom. The summed E-state index contributed by atoms with van der Waals surface area (Å²) < 4.78 is 10.3. The molecule has 102 valence electrons. The summed E-state index contributed by atoms with van der Waals surface area (Å²) in [6.45, 7) is 3.66. The molecule has 1 aromatic rings. The van der Waals surface area contributed by atoms with Crippen LogP contribution in [-0.2, 0) is 4.79 Å². The molecule has 5 nitrogen and oxygen atoms in total. The normalized spacial score (nSPS) is 11.6. The standard InChI is InChI=1S/C14H18N2O3/c1-9(2)11(8-15)14(17)16-12-6-5-10(18-3)7-13(12)19-4/h5-7,9,11H,1-4H3,(H,16,17). The molecule has 1 amide bonds. The summed E-state index contributed by atoms with van der Waals surface area (Å²) in [6, 6.07) is 7.08. The smallest absolute Gasteiger partial charge is 0.242 e. The van der Waals surface area contributed by atoms with Gasteiger partial charge in [0.25, 0.3) is 0 Å². The second-order valence-corrected chi connectivity index (χ2v) is 4.41. The maximum Gasteiger partial charge on any atom is 0.242 e. The lowest BCUT2D eigenvalue weighted by Gasteiger charge is -2.15. The highest BCUT2D eigenvalue weighted by molar-refractivity contribution is 5.95. The van der Waals surface area contributed by atoms with Gasteiger partial charge in [0, 0.05) is 6.07 Å². The van der Waals surface area contributed by atoms with E-state index in [1.165, 1.54) is 7.11 Å². The molecular weight excluding hydrogens is 244 g/mol. The zero-order chi connectivity index (χ0) is 14.4. The number of rotatable bonds is 5. The number of amides is 1. The number of methoxy groups -OCH3 is 2. The third-order valence-corrected chi connectivity index (χ3v) is 2.75. The van der Waals surface area contributed by atoms with Crippen LogP contribution in [0.3, 0.4) is 0 Å². The molecule has 5 heteroatoms. The van der Waals surface area contributed by atoms with Crippen molar-refractivity contribution in [3.05, 3.63) is 18.2 Å². The minimum absolute atomic E-state index is 0.0470. The largest absolute Gasteiger partial charge is 0.497 e. The van der Waals surface area contributed by atoms with Gasteiger partial charge < -0.3 is 14.8 Å². The van der Waals surface area contributed by atoms with Crippen LogP contribution in [0.5, 0.6) is 11.5 Å². The molecule has 0 heterocycles. The molecule has 1 rings (SSSR count). The summed E-state index contributed by atoms with van der Waals surface area (Å²) in [4.78, 5) is 12.0. The SMILES string of the molecule is COc1ccc(NC(=O)C(C#N)C(C)C)c(OC)c1. The van der Waals surface area contributed by atoms with E-state index in [1.807, 2.05) is 19.9 Å². The predicted molar refractivity (Wildman–Crippen MR) is 72.1 cm³/mol. The molecule has 0 aliphatic carbocycles. The van der Waals surface area contributed by atoms with E-state index < -0.39 is 5.92 Å². The summed E-state index contributed by atoms with van der Waals surface area (Å²) in [6.07, 6.45) is 0. The number of hydrogen-bond acceptors (Lipinski definition) is 4. The minimum Gasteiger partial charge on any atom is -0.497 e. The number of carbonyl (C=O) groups excluding carboxylic acids is 1. The van der Waals surface area contributed by atoms with Crippen LogP contribution in [0.4, 0.5) is 5.69 Å². The van der Waals surface area contributed by atoms with Gasteiger partial charge in [0.15, 0.2) is 0 Å². The average Bonchev–Trinajstić information content (AvgIpc) is 2.39. The molecule has 0 saturated heterocycles. The molecule has 1 unspecified atom stereocenters. The van der Waals surface area contributed by atoms with Crippen LogP contribution in [0.15, 0.2) is 18.2 Å². The first-order valence-corrected chi connectivity index (χ1v) is 5.96. The maximum atomic E-state index is 12.0. The first kappa shape index (κ1) is 14.8. The van der Waals surface area contributed by atoms with Crippen LogP contribution in [-0.4, -0.2) is 20.1 Å². The highest BCUT2D eigenvalue weighted by atomic mass is 16.5. The molecule has 0 fully saturated rings. The van der Waals surface area contributed by atoms with Crippen LogP contribution < -0.4 is 14.8 Å². The Morgan fingerprint density at radius 1 is 1.32 bits per heavy atom. The highest BCUT2D eigenvalue weighted by Gasteiger charge is 2.22. The minimum atomic E-state index is -0.688. The van der Waals surface area contributed by atoms with Crippen molar-refractivity contribution in [2.24, 2.45) is 11.8 Å². The van der Waals surface area contributed by atoms with Gasteiger partial charge in [0.1, 0.15) is 17.4 Å². The molecule has 0 aliphatic rings. The van der Waals surface area contributed by atoms with Crippen LogP contribution in [0.25, 0.3) is 0 Å². The van der Waals surface area contributed by atoms with Gasteiger partial charge in [-0.1, -0.05) is 13.8 Å². The Balaban J connectivity index is 2.93. The summed E-state index contributed by atoms with van der Waals surface area (Å²) in [5.41, 5.74) is 0.522. The maximum absolute atomic E-state index is 12.0. The second-order valence-electron chi connectivity index (χ2n) is 4.41. The molecule has 0 radical (unpaired) electrons. The quantitative estimate of drug-likeness (QED) is 0.884. The van der Waals surface area contributed by atoms with Gasteiger partial charge in [-0.25, -0.2) is 0 Å². The Morgan fingerprint density at radius 2 is 2.00 bits per heavy atom. The van der Waals surface area contributed by atoms with Crippen LogP contribution >= 0.6 is 0 Å². The third kappa shape index (κ3) is 3.62. The van der Waals surface area contributed by atoms with Crippen LogP contribution in [0, 0.1) is 23.2 Å². The number of nitrogens with zero attached hydrogens (tertiary/aromatic N) is 1. The molecule has 0 aromatic heterocycles. The number of anilines is 1. The van der Waals surface area contributed by atoms with Gasteiger partial charge in [-0.15, -0.1) is 0 Å². The average molecular weight is 262 g/mol. The Bertz CT molecular complexity index is 492. The van der Waals surface area contributed by atoms with Crippen molar-refractivity contribution in [1.29, 1.82) is 5.26 Å². The van der Waals surface area contributed by atoms with Crippen molar-refractivity contribution in [3.63, 3.8) is 0 Å². The van der Waals surface area contributed by atoms with E-state index in [-0.39, 0.29) is 11.8 Å². The van der Waals surface area contributed by atoms with Crippen LogP contribution in [0.1, 0.15) is 13.8 Å². The summed E-state index contributed by atoms with van der Waals surface area (Å²) >= 11 is 0. The Labute approximate surface area is 113 Å². The van der Waals surface area contributed by atoms with Gasteiger partial charge in [0.05, 0.1) is 26.0 Å². The second kappa shape index (κ2) is 6.64. The van der Waals surface area contributed by atoms with Crippen molar-refractivity contribution in [1.82, 2.24) is 0 Å². The van der Waals surface area contributed by atoms with E-state index in [0.29, 0.717) is 17.2 Å². The fourth-order valence-corrected chi connectivity index (χ4v) is 1.62. The molecule has 0 aliphatic heterocycles. The number of nitrogens with one attached hydrogen (secondary N) is 1. The number of carbonyl (C=O) groups is 1. The lowest BCUT2D eigenvalue weighted by Crippen LogP contribution is -2.25. The zero-order valence-corrected chi connectivity index (χ0v) is 11.6. The first-order valence-electron chi connectivity index (χ1n) is 5.96. The fraction of sp³-hybridized carbons (Fsp3) is 0.429. The van der Waals surface area contributed by atoms with E-state index in [1.54, 1.807) is 25.3 Å². The summed E-state index contributed by atoms with van der Waals surface area (Å²) in [5, 5.41) is 11.7. The van der Waals surface area contributed by atoms with Crippen molar-refractivity contribution in [2.75, 3.05) is 19.5 Å². The number of hydrogen-bond donors (Lipinski definition) is 1. The predicted octanol–water partition coefficient (Wildman–Crippen LogP) is 2.44. The van der Waals surface area contributed by atoms with Gasteiger partial charge in [-0.2, -0.15) is 5.26 Å². The van der Waals surface area contributed by atoms with Gasteiger partial charge in [0.2, 0.25) is 5.91 Å². The zero-order valence-electron chi connectivity index (χ0n) is 11.6. The van der Waals surface area contributed by atoms with E-state index in [9.17, 15) is 4.79 Å². The molecule has 0 spiro atoms. The van der Waals surface area contributed by atoms with Crippen LogP contribution in [0.2, 0.25) is 0 Å². The fourth-order valence-electron chi connectivity index (χ4n) is 1.62. The highest BCUT2D eigenvalue weighted by Crippen LogP contribution is 2.29. The third-order valence-electron chi connectivity index (χ3n) is 2.75. The molecular formula is C14H18N2O3. The molecule has 1 aromatic carbocycles. The summed E-state index contributed by atoms with van der Waals surface area (Å²) in [5.74, 6) is 0.0608.